The number of nitrogens with zero attached hydrogens (tertiary/aromatic N) is 2. The average molecular weight is 269 g/mol. The third kappa shape index (κ3) is 2.23. The first-order valence-corrected chi connectivity index (χ1v) is 7.05. The van der Waals surface area contributed by atoms with Gasteiger partial charge in [0.05, 0.1) is 18.5 Å². The van der Waals surface area contributed by atoms with Gasteiger partial charge >= 0.3 is 0 Å². The minimum Gasteiger partial charge on any atom is -0.464 e. The number of hydrogen-bond acceptors (Lipinski definition) is 3. The summed E-state index contributed by atoms with van der Waals surface area (Å²) >= 11 is 0. The average Bonchev–Trinajstić information content (AvgIpc) is 3.12. The van der Waals surface area contributed by atoms with Gasteiger partial charge in [-0.1, -0.05) is 25.1 Å². The van der Waals surface area contributed by atoms with E-state index in [-0.39, 0.29) is 6.04 Å². The Hall–Kier alpha value is -2.07. The lowest BCUT2D eigenvalue weighted by Crippen LogP contribution is -2.21. The van der Waals surface area contributed by atoms with Crippen molar-refractivity contribution in [2.75, 3.05) is 6.54 Å². The van der Waals surface area contributed by atoms with Crippen LogP contribution in [-0.2, 0) is 6.54 Å². The second-order valence-corrected chi connectivity index (χ2v) is 4.81. The van der Waals surface area contributed by atoms with Gasteiger partial charge in [0.1, 0.15) is 5.58 Å². The zero-order valence-electron chi connectivity index (χ0n) is 11.8. The van der Waals surface area contributed by atoms with Crippen molar-refractivity contribution in [1.82, 2.24) is 15.1 Å². The second kappa shape index (κ2) is 5.51. The maximum absolute atomic E-state index is 5.66. The number of fused-ring (bicyclic) bond motifs is 1. The van der Waals surface area contributed by atoms with Gasteiger partial charge in [0.15, 0.2) is 0 Å². The Balaban J connectivity index is 2.05. The topological polar surface area (TPSA) is 43.0 Å². The normalized spacial score (nSPS) is 12.9. The van der Waals surface area contributed by atoms with Crippen LogP contribution in [0.15, 0.2) is 47.3 Å². The van der Waals surface area contributed by atoms with Crippen molar-refractivity contribution in [3.05, 3.63) is 54.0 Å². The highest BCUT2D eigenvalue weighted by Crippen LogP contribution is 2.30. The van der Waals surface area contributed by atoms with Gasteiger partial charge in [-0.25, -0.2) is 0 Å². The van der Waals surface area contributed by atoms with Crippen molar-refractivity contribution >= 4 is 11.0 Å². The van der Waals surface area contributed by atoms with E-state index in [0.29, 0.717) is 0 Å². The zero-order chi connectivity index (χ0) is 13.9. The van der Waals surface area contributed by atoms with E-state index in [1.807, 2.05) is 35.3 Å². The summed E-state index contributed by atoms with van der Waals surface area (Å²) in [6, 6.07) is 8.25. The number of rotatable bonds is 5. The molecule has 0 aliphatic rings. The van der Waals surface area contributed by atoms with Crippen molar-refractivity contribution in [1.29, 1.82) is 0 Å². The molecular weight excluding hydrogens is 250 g/mol. The van der Waals surface area contributed by atoms with Gasteiger partial charge < -0.3 is 9.73 Å². The van der Waals surface area contributed by atoms with Crippen LogP contribution in [0.4, 0.5) is 0 Å². The largest absolute Gasteiger partial charge is 0.464 e. The van der Waals surface area contributed by atoms with E-state index < -0.39 is 0 Å². The molecule has 2 aromatic heterocycles. The maximum Gasteiger partial charge on any atom is 0.134 e. The molecule has 0 aliphatic heterocycles. The Morgan fingerprint density at radius 1 is 1.30 bits per heavy atom. The standard InChI is InChI=1S/C16H19N3O/c1-3-17-16(12-9-18-19(4-2)10-12)14-11-20-15-8-6-5-7-13(14)15/h5-11,16-17H,3-4H2,1-2H3. The molecule has 0 fully saturated rings. The van der Waals surface area contributed by atoms with E-state index >= 15 is 0 Å². The number of aromatic nitrogens is 2. The molecule has 0 saturated carbocycles. The van der Waals surface area contributed by atoms with E-state index in [1.54, 1.807) is 0 Å². The van der Waals surface area contributed by atoms with E-state index in [4.69, 9.17) is 4.42 Å². The summed E-state index contributed by atoms with van der Waals surface area (Å²) in [5.74, 6) is 0. The predicted molar refractivity (Wildman–Crippen MR) is 79.6 cm³/mol. The first-order chi connectivity index (χ1) is 9.83. The van der Waals surface area contributed by atoms with Gasteiger partial charge in [-0.2, -0.15) is 5.10 Å². The molecule has 4 nitrogen and oxygen atoms in total. The van der Waals surface area contributed by atoms with Crippen molar-refractivity contribution < 1.29 is 4.42 Å². The molecule has 104 valence electrons. The fraction of sp³-hybridized carbons (Fsp3) is 0.312. The van der Waals surface area contributed by atoms with Crippen LogP contribution in [0.3, 0.4) is 0 Å². The summed E-state index contributed by atoms with van der Waals surface area (Å²) < 4.78 is 7.61. The van der Waals surface area contributed by atoms with Crippen LogP contribution >= 0.6 is 0 Å². The van der Waals surface area contributed by atoms with Gasteiger partial charge in [-0.15, -0.1) is 0 Å². The fourth-order valence-electron chi connectivity index (χ4n) is 2.53. The molecule has 20 heavy (non-hydrogen) atoms. The highest BCUT2D eigenvalue weighted by molar-refractivity contribution is 5.81. The molecule has 0 aliphatic carbocycles. The monoisotopic (exact) mass is 269 g/mol. The molecule has 0 bridgehead atoms. The Kier molecular flexibility index (Phi) is 3.56. The third-order valence-electron chi connectivity index (χ3n) is 3.54. The zero-order valence-corrected chi connectivity index (χ0v) is 11.8. The van der Waals surface area contributed by atoms with Crippen molar-refractivity contribution in [2.45, 2.75) is 26.4 Å². The van der Waals surface area contributed by atoms with Crippen LogP contribution in [0.2, 0.25) is 0 Å². The molecule has 3 rings (SSSR count). The fourth-order valence-corrected chi connectivity index (χ4v) is 2.53. The Bertz CT molecular complexity index is 698. The van der Waals surface area contributed by atoms with Crippen molar-refractivity contribution in [3.8, 4) is 0 Å². The lowest BCUT2D eigenvalue weighted by Gasteiger charge is -2.15. The number of hydrogen-bond donors (Lipinski definition) is 1. The smallest absolute Gasteiger partial charge is 0.134 e. The number of benzene rings is 1. The number of para-hydroxylation sites is 1. The number of aryl methyl sites for hydroxylation is 1. The quantitative estimate of drug-likeness (QED) is 0.772. The first-order valence-electron chi connectivity index (χ1n) is 7.05. The van der Waals surface area contributed by atoms with E-state index in [9.17, 15) is 0 Å². The molecule has 2 heterocycles. The summed E-state index contributed by atoms with van der Waals surface area (Å²) in [4.78, 5) is 0. The molecule has 3 aromatic rings. The SMILES string of the molecule is CCNC(c1cnn(CC)c1)c1coc2ccccc12. The summed E-state index contributed by atoms with van der Waals surface area (Å²) in [6.45, 7) is 5.97. The third-order valence-corrected chi connectivity index (χ3v) is 3.54. The predicted octanol–water partition coefficient (Wildman–Crippen LogP) is 3.35. The summed E-state index contributed by atoms with van der Waals surface area (Å²) in [7, 11) is 0. The Morgan fingerprint density at radius 3 is 2.90 bits per heavy atom. The van der Waals surface area contributed by atoms with E-state index in [0.717, 1.165) is 29.6 Å². The molecule has 0 spiro atoms. The van der Waals surface area contributed by atoms with Gasteiger partial charge in [-0.05, 0) is 19.5 Å². The molecule has 1 N–H and O–H groups in total. The van der Waals surface area contributed by atoms with Gasteiger partial charge in [-0.3, -0.25) is 4.68 Å². The van der Waals surface area contributed by atoms with Gasteiger partial charge in [0.25, 0.3) is 0 Å². The van der Waals surface area contributed by atoms with Gasteiger partial charge in [0, 0.05) is 29.3 Å². The highest BCUT2D eigenvalue weighted by Gasteiger charge is 2.19. The van der Waals surface area contributed by atoms with Crippen molar-refractivity contribution in [3.63, 3.8) is 0 Å². The molecule has 0 amide bonds. The molecule has 1 atom stereocenters. The number of furan rings is 1. The molecule has 1 aromatic carbocycles. The van der Waals surface area contributed by atoms with Crippen LogP contribution in [0.25, 0.3) is 11.0 Å². The van der Waals surface area contributed by atoms with Crippen LogP contribution in [-0.4, -0.2) is 16.3 Å². The molecular formula is C16H19N3O. The first kappa shape index (κ1) is 12.9. The summed E-state index contributed by atoms with van der Waals surface area (Å²) in [6.07, 6.45) is 5.87. The molecule has 1 unspecified atom stereocenters. The van der Waals surface area contributed by atoms with Crippen molar-refractivity contribution in [2.24, 2.45) is 0 Å². The minimum atomic E-state index is 0.115. The van der Waals surface area contributed by atoms with E-state index in [1.165, 1.54) is 5.56 Å². The van der Waals surface area contributed by atoms with E-state index in [2.05, 4.69) is 36.5 Å². The lowest BCUT2D eigenvalue weighted by atomic mass is 10.0. The summed E-state index contributed by atoms with van der Waals surface area (Å²) in [5, 5.41) is 9.05. The lowest BCUT2D eigenvalue weighted by molar-refractivity contribution is 0.584. The molecule has 0 saturated heterocycles. The minimum absolute atomic E-state index is 0.115. The van der Waals surface area contributed by atoms with Crippen LogP contribution in [0, 0.1) is 0 Å². The summed E-state index contributed by atoms with van der Waals surface area (Å²) in [5.41, 5.74) is 3.26. The second-order valence-electron chi connectivity index (χ2n) is 4.81. The molecule has 0 radical (unpaired) electrons. The van der Waals surface area contributed by atoms with Crippen LogP contribution in [0.1, 0.15) is 31.0 Å². The van der Waals surface area contributed by atoms with Crippen LogP contribution in [0.5, 0.6) is 0 Å². The molecule has 4 heteroatoms. The Morgan fingerprint density at radius 2 is 2.15 bits per heavy atom. The highest BCUT2D eigenvalue weighted by atomic mass is 16.3. The van der Waals surface area contributed by atoms with Gasteiger partial charge in [0.2, 0.25) is 0 Å². The maximum atomic E-state index is 5.66. The Labute approximate surface area is 118 Å². The number of nitrogens with one attached hydrogen (secondary N) is 1. The van der Waals surface area contributed by atoms with Crippen LogP contribution < -0.4 is 5.32 Å².